The SMILES string of the molecule is CCCC(CC)CCN(N(C)CC)N(C)CCC. The van der Waals surface area contributed by atoms with E-state index in [1.807, 2.05) is 0 Å². The summed E-state index contributed by atoms with van der Waals surface area (Å²) in [4.78, 5) is 0. The van der Waals surface area contributed by atoms with E-state index in [9.17, 15) is 0 Å². The van der Waals surface area contributed by atoms with Gasteiger partial charge in [0.1, 0.15) is 0 Å². The molecule has 0 aromatic rings. The second kappa shape index (κ2) is 10.8. The predicted octanol–water partition coefficient (Wildman–Crippen LogP) is 3.63. The van der Waals surface area contributed by atoms with E-state index >= 15 is 0 Å². The van der Waals surface area contributed by atoms with Crippen molar-refractivity contribution in [2.24, 2.45) is 5.92 Å². The molecular formula is C15H35N3. The molecule has 3 nitrogen and oxygen atoms in total. The molecule has 1 unspecified atom stereocenters. The average Bonchev–Trinajstić information content (AvgIpc) is 2.37. The van der Waals surface area contributed by atoms with Crippen LogP contribution in [0.25, 0.3) is 0 Å². The molecule has 1 atom stereocenters. The molecule has 18 heavy (non-hydrogen) atoms. The molecule has 0 amide bonds. The normalized spacial score (nSPS) is 13.8. The van der Waals surface area contributed by atoms with Gasteiger partial charge in [0.05, 0.1) is 0 Å². The van der Waals surface area contributed by atoms with Crippen LogP contribution in [0.2, 0.25) is 0 Å². The zero-order chi connectivity index (χ0) is 14.0. The molecule has 0 aliphatic rings. The van der Waals surface area contributed by atoms with Crippen LogP contribution in [0, 0.1) is 5.92 Å². The molecule has 0 aromatic carbocycles. The first kappa shape index (κ1) is 17.9. The zero-order valence-electron chi connectivity index (χ0n) is 13.6. The molecule has 0 saturated carbocycles. The fourth-order valence-corrected chi connectivity index (χ4v) is 2.46. The highest BCUT2D eigenvalue weighted by Gasteiger charge is 2.16. The maximum Gasteiger partial charge on any atom is 0.0295 e. The molecule has 0 radical (unpaired) electrons. The number of rotatable bonds is 11. The molecule has 0 aromatic heterocycles. The fraction of sp³-hybridized carbons (Fsp3) is 1.00. The molecule has 0 N–H and O–H groups in total. The van der Waals surface area contributed by atoms with E-state index in [1.165, 1.54) is 32.1 Å². The number of hydrazine groups is 2. The maximum atomic E-state index is 2.42. The smallest absolute Gasteiger partial charge is 0.0295 e. The van der Waals surface area contributed by atoms with Crippen LogP contribution in [0.15, 0.2) is 0 Å². The van der Waals surface area contributed by atoms with Crippen LogP contribution in [-0.2, 0) is 0 Å². The lowest BCUT2D eigenvalue weighted by Crippen LogP contribution is -2.50. The largest absolute Gasteiger partial charge is 0.231 e. The summed E-state index contributed by atoms with van der Waals surface area (Å²) < 4.78 is 0. The standard InChI is InChI=1S/C15H35N3/c1-7-11-15(9-3)12-14-18(16(5)10-4)17(6)13-8-2/h15H,7-14H2,1-6H3. The second-order valence-electron chi connectivity index (χ2n) is 5.30. The molecule has 0 aliphatic carbocycles. The van der Waals surface area contributed by atoms with Crippen LogP contribution in [0.1, 0.15) is 59.8 Å². The molecule has 0 bridgehead atoms. The zero-order valence-corrected chi connectivity index (χ0v) is 13.6. The summed E-state index contributed by atoms with van der Waals surface area (Å²) in [7, 11) is 4.39. The molecule has 0 heterocycles. The Labute approximate surface area is 115 Å². The van der Waals surface area contributed by atoms with Gasteiger partial charge in [0.2, 0.25) is 0 Å². The van der Waals surface area contributed by atoms with Crippen molar-refractivity contribution in [3.05, 3.63) is 0 Å². The Morgan fingerprint density at radius 1 is 0.778 bits per heavy atom. The van der Waals surface area contributed by atoms with Crippen molar-refractivity contribution in [2.75, 3.05) is 33.7 Å². The maximum absolute atomic E-state index is 2.42. The van der Waals surface area contributed by atoms with E-state index in [4.69, 9.17) is 0 Å². The predicted molar refractivity (Wildman–Crippen MR) is 81.2 cm³/mol. The molecule has 0 fully saturated rings. The first-order valence-electron chi connectivity index (χ1n) is 7.80. The van der Waals surface area contributed by atoms with Gasteiger partial charge in [-0.3, -0.25) is 0 Å². The van der Waals surface area contributed by atoms with Gasteiger partial charge in [-0.2, -0.15) is 5.12 Å². The van der Waals surface area contributed by atoms with Crippen molar-refractivity contribution in [1.29, 1.82) is 0 Å². The van der Waals surface area contributed by atoms with E-state index in [-0.39, 0.29) is 0 Å². The Bertz CT molecular complexity index is 185. The van der Waals surface area contributed by atoms with Crippen molar-refractivity contribution in [2.45, 2.75) is 59.8 Å². The molecule has 3 heteroatoms. The quantitative estimate of drug-likeness (QED) is 0.523. The monoisotopic (exact) mass is 257 g/mol. The van der Waals surface area contributed by atoms with Gasteiger partial charge in [0.25, 0.3) is 0 Å². The molecular weight excluding hydrogens is 222 g/mol. The lowest BCUT2D eigenvalue weighted by molar-refractivity contribution is -0.160. The highest BCUT2D eigenvalue weighted by molar-refractivity contribution is 4.60. The van der Waals surface area contributed by atoms with Gasteiger partial charge in [0, 0.05) is 33.7 Å². The Balaban J connectivity index is 4.30. The Morgan fingerprint density at radius 3 is 1.89 bits per heavy atom. The van der Waals surface area contributed by atoms with E-state index in [0.29, 0.717) is 0 Å². The van der Waals surface area contributed by atoms with Gasteiger partial charge < -0.3 is 0 Å². The van der Waals surface area contributed by atoms with E-state index in [2.05, 4.69) is 56.9 Å². The molecule has 0 saturated heterocycles. The van der Waals surface area contributed by atoms with Gasteiger partial charge in [-0.15, -0.1) is 0 Å². The highest BCUT2D eigenvalue weighted by atomic mass is 15.8. The molecule has 0 spiro atoms. The lowest BCUT2D eigenvalue weighted by Gasteiger charge is -2.38. The van der Waals surface area contributed by atoms with Crippen LogP contribution < -0.4 is 0 Å². The topological polar surface area (TPSA) is 9.72 Å². The number of hydrogen-bond donors (Lipinski definition) is 0. The van der Waals surface area contributed by atoms with Crippen molar-refractivity contribution >= 4 is 0 Å². The summed E-state index contributed by atoms with van der Waals surface area (Å²) in [5.41, 5.74) is 0. The summed E-state index contributed by atoms with van der Waals surface area (Å²) in [6.07, 6.45) is 6.51. The van der Waals surface area contributed by atoms with Gasteiger partial charge in [-0.1, -0.05) is 47.0 Å². The van der Waals surface area contributed by atoms with Crippen molar-refractivity contribution in [3.8, 4) is 0 Å². The first-order chi connectivity index (χ1) is 8.60. The van der Waals surface area contributed by atoms with Crippen LogP contribution >= 0.6 is 0 Å². The summed E-state index contributed by atoms with van der Waals surface area (Å²) in [5.74, 6) is 0.887. The third-order valence-electron chi connectivity index (χ3n) is 3.80. The minimum atomic E-state index is 0.887. The summed E-state index contributed by atoms with van der Waals surface area (Å²) in [6, 6.07) is 0. The van der Waals surface area contributed by atoms with E-state index < -0.39 is 0 Å². The van der Waals surface area contributed by atoms with Gasteiger partial charge in [0.15, 0.2) is 0 Å². The highest BCUT2D eigenvalue weighted by Crippen LogP contribution is 2.16. The minimum absolute atomic E-state index is 0.887. The Kier molecular flexibility index (Phi) is 10.7. The third kappa shape index (κ3) is 6.72. The van der Waals surface area contributed by atoms with Gasteiger partial charge in [-0.25, -0.2) is 10.0 Å². The van der Waals surface area contributed by atoms with E-state index in [0.717, 1.165) is 25.6 Å². The lowest BCUT2D eigenvalue weighted by atomic mass is 9.97. The number of nitrogens with zero attached hydrogens (tertiary/aromatic N) is 3. The van der Waals surface area contributed by atoms with Crippen LogP contribution in [0.3, 0.4) is 0 Å². The Morgan fingerprint density at radius 2 is 1.44 bits per heavy atom. The van der Waals surface area contributed by atoms with Crippen LogP contribution in [-0.4, -0.2) is 48.9 Å². The molecule has 110 valence electrons. The second-order valence-corrected chi connectivity index (χ2v) is 5.30. The summed E-state index contributed by atoms with van der Waals surface area (Å²) in [6.45, 7) is 12.4. The molecule has 0 rings (SSSR count). The fourth-order valence-electron chi connectivity index (χ4n) is 2.46. The van der Waals surface area contributed by atoms with Gasteiger partial charge >= 0.3 is 0 Å². The van der Waals surface area contributed by atoms with Crippen molar-refractivity contribution < 1.29 is 0 Å². The first-order valence-corrected chi connectivity index (χ1v) is 7.80. The summed E-state index contributed by atoms with van der Waals surface area (Å²) >= 11 is 0. The van der Waals surface area contributed by atoms with Crippen molar-refractivity contribution in [1.82, 2.24) is 15.1 Å². The Hall–Kier alpha value is -0.120. The number of hydrogen-bond acceptors (Lipinski definition) is 3. The third-order valence-corrected chi connectivity index (χ3v) is 3.80. The minimum Gasteiger partial charge on any atom is -0.231 e. The van der Waals surface area contributed by atoms with Gasteiger partial charge in [-0.05, 0) is 18.8 Å². The summed E-state index contributed by atoms with van der Waals surface area (Å²) in [5, 5.41) is 7.11. The average molecular weight is 257 g/mol. The molecule has 0 aliphatic heterocycles. The van der Waals surface area contributed by atoms with Crippen molar-refractivity contribution in [3.63, 3.8) is 0 Å². The van der Waals surface area contributed by atoms with Crippen LogP contribution in [0.5, 0.6) is 0 Å². The van der Waals surface area contributed by atoms with Crippen LogP contribution in [0.4, 0.5) is 0 Å². The van der Waals surface area contributed by atoms with E-state index in [1.54, 1.807) is 0 Å².